The first-order valence-electron chi connectivity index (χ1n) is 2.80. The van der Waals surface area contributed by atoms with Gasteiger partial charge in [-0.25, -0.2) is 0 Å². The molecule has 1 N–H and O–H groups in total. The molecule has 0 aliphatic carbocycles. The fraction of sp³-hybridized carbons (Fsp3) is 0. The van der Waals surface area contributed by atoms with Gasteiger partial charge >= 0.3 is 0 Å². The van der Waals surface area contributed by atoms with E-state index in [-0.39, 0.29) is 0 Å². The number of fused-ring (bicyclic) bond motifs is 1. The smallest absolute Gasteiger partial charge is 0.179 e. The van der Waals surface area contributed by atoms with Crippen LogP contribution < -0.4 is 0 Å². The van der Waals surface area contributed by atoms with Gasteiger partial charge in [-0.3, -0.25) is 5.10 Å². The second kappa shape index (κ2) is 2.56. The molecule has 0 bridgehead atoms. The minimum atomic E-state index is 0.386. The molecular formula is C5H2ClIN4. The van der Waals surface area contributed by atoms with Crippen LogP contribution in [0.2, 0.25) is 5.15 Å². The van der Waals surface area contributed by atoms with E-state index in [9.17, 15) is 0 Å². The zero-order valence-electron chi connectivity index (χ0n) is 5.17. The van der Waals surface area contributed by atoms with Crippen molar-refractivity contribution in [2.75, 3.05) is 0 Å². The molecule has 4 nitrogen and oxygen atoms in total. The summed E-state index contributed by atoms with van der Waals surface area (Å²) < 4.78 is 0.856. The highest BCUT2D eigenvalue weighted by Gasteiger charge is 2.03. The summed E-state index contributed by atoms with van der Waals surface area (Å²) in [7, 11) is 0. The molecule has 56 valence electrons. The monoisotopic (exact) mass is 280 g/mol. The molecule has 0 unspecified atom stereocenters. The number of hydrogen-bond acceptors (Lipinski definition) is 3. The molecule has 2 aromatic rings. The number of hydrogen-bond donors (Lipinski definition) is 1. The zero-order valence-corrected chi connectivity index (χ0v) is 8.09. The molecule has 0 saturated heterocycles. The highest BCUT2D eigenvalue weighted by Crippen LogP contribution is 2.17. The Bertz CT molecular complexity index is 398. The minimum absolute atomic E-state index is 0.386. The quantitative estimate of drug-likeness (QED) is 0.746. The third kappa shape index (κ3) is 1.18. The van der Waals surface area contributed by atoms with E-state index in [0.717, 1.165) is 9.09 Å². The average molecular weight is 280 g/mol. The maximum Gasteiger partial charge on any atom is 0.179 e. The summed E-state index contributed by atoms with van der Waals surface area (Å²) in [5, 5.41) is 15.4. The van der Waals surface area contributed by atoms with E-state index in [1.165, 1.54) is 0 Å². The van der Waals surface area contributed by atoms with Crippen molar-refractivity contribution in [1.29, 1.82) is 0 Å². The van der Waals surface area contributed by atoms with Gasteiger partial charge in [-0.2, -0.15) is 5.10 Å². The molecule has 0 radical (unpaired) electrons. The van der Waals surface area contributed by atoms with Gasteiger partial charge in [-0.15, -0.1) is 10.2 Å². The molecule has 0 atom stereocenters. The van der Waals surface area contributed by atoms with Gasteiger partial charge < -0.3 is 0 Å². The van der Waals surface area contributed by atoms with Crippen molar-refractivity contribution in [3.8, 4) is 0 Å². The lowest BCUT2D eigenvalue weighted by Gasteiger charge is -1.86. The standard InChI is InChI=1S/C5H2ClIN4/c6-3-1-2-4(7)9-11-5(2)10-8-3/h1H,(H,9,10,11). The van der Waals surface area contributed by atoms with Gasteiger partial charge in [0, 0.05) is 0 Å². The first-order chi connectivity index (χ1) is 5.27. The summed E-state index contributed by atoms with van der Waals surface area (Å²) in [6.45, 7) is 0. The topological polar surface area (TPSA) is 54.5 Å². The molecule has 0 fully saturated rings. The van der Waals surface area contributed by atoms with Crippen LogP contribution in [0.4, 0.5) is 0 Å². The molecule has 0 amide bonds. The second-order valence-corrected chi connectivity index (χ2v) is 3.35. The Kier molecular flexibility index (Phi) is 1.68. The molecule has 11 heavy (non-hydrogen) atoms. The van der Waals surface area contributed by atoms with Crippen LogP contribution in [0, 0.1) is 3.70 Å². The fourth-order valence-electron chi connectivity index (χ4n) is 0.770. The van der Waals surface area contributed by atoms with E-state index in [1.807, 2.05) is 0 Å². The van der Waals surface area contributed by atoms with Crippen molar-refractivity contribution in [2.45, 2.75) is 0 Å². The molecule has 0 aromatic carbocycles. The summed E-state index contributed by atoms with van der Waals surface area (Å²) in [5.41, 5.74) is 0.666. The summed E-state index contributed by atoms with van der Waals surface area (Å²) in [6.07, 6.45) is 0. The molecule has 2 heterocycles. The van der Waals surface area contributed by atoms with Crippen LogP contribution in [0.25, 0.3) is 11.0 Å². The molecule has 0 saturated carbocycles. The van der Waals surface area contributed by atoms with Crippen molar-refractivity contribution < 1.29 is 0 Å². The fourth-order valence-corrected chi connectivity index (χ4v) is 1.45. The Labute approximate surface area is 80.5 Å². The molecule has 0 spiro atoms. The molecule has 0 aliphatic heterocycles. The van der Waals surface area contributed by atoms with Crippen LogP contribution in [-0.4, -0.2) is 20.4 Å². The Hall–Kier alpha value is -0.430. The van der Waals surface area contributed by atoms with Crippen molar-refractivity contribution >= 4 is 45.2 Å². The summed E-state index contributed by atoms with van der Waals surface area (Å²) >= 11 is 7.73. The lowest BCUT2D eigenvalue weighted by Crippen LogP contribution is -1.82. The average Bonchev–Trinajstić information content (AvgIpc) is 2.33. The molecule has 2 aromatic heterocycles. The maximum absolute atomic E-state index is 5.63. The highest BCUT2D eigenvalue weighted by atomic mass is 127. The molecule has 2 rings (SSSR count). The van der Waals surface area contributed by atoms with Crippen LogP contribution in [0.15, 0.2) is 6.07 Å². The Morgan fingerprint density at radius 1 is 1.45 bits per heavy atom. The van der Waals surface area contributed by atoms with Crippen LogP contribution in [0.5, 0.6) is 0 Å². The van der Waals surface area contributed by atoms with E-state index in [1.54, 1.807) is 6.07 Å². The summed E-state index contributed by atoms with van der Waals surface area (Å²) in [6, 6.07) is 1.73. The van der Waals surface area contributed by atoms with Crippen LogP contribution in [0.1, 0.15) is 0 Å². The van der Waals surface area contributed by atoms with Gasteiger partial charge in [-0.1, -0.05) is 11.6 Å². The van der Waals surface area contributed by atoms with Gasteiger partial charge in [0.05, 0.1) is 5.39 Å². The Morgan fingerprint density at radius 3 is 3.09 bits per heavy atom. The minimum Gasteiger partial charge on any atom is -0.258 e. The van der Waals surface area contributed by atoms with Crippen LogP contribution in [-0.2, 0) is 0 Å². The third-order valence-electron chi connectivity index (χ3n) is 1.25. The van der Waals surface area contributed by atoms with E-state index in [4.69, 9.17) is 11.6 Å². The van der Waals surface area contributed by atoms with E-state index < -0.39 is 0 Å². The van der Waals surface area contributed by atoms with Gasteiger partial charge in [0.2, 0.25) is 0 Å². The summed E-state index contributed by atoms with van der Waals surface area (Å²) in [4.78, 5) is 0. The number of H-pyrrole nitrogens is 1. The lowest BCUT2D eigenvalue weighted by atomic mass is 10.4. The van der Waals surface area contributed by atoms with Crippen molar-refractivity contribution in [1.82, 2.24) is 20.4 Å². The zero-order chi connectivity index (χ0) is 7.84. The molecule has 0 aliphatic rings. The van der Waals surface area contributed by atoms with Gasteiger partial charge in [0.15, 0.2) is 10.8 Å². The van der Waals surface area contributed by atoms with E-state index in [0.29, 0.717) is 10.8 Å². The van der Waals surface area contributed by atoms with Gasteiger partial charge in [-0.05, 0) is 28.7 Å². The van der Waals surface area contributed by atoms with Crippen molar-refractivity contribution in [2.24, 2.45) is 0 Å². The largest absolute Gasteiger partial charge is 0.258 e. The van der Waals surface area contributed by atoms with Gasteiger partial charge in [0.25, 0.3) is 0 Å². The number of halogens is 2. The second-order valence-electron chi connectivity index (χ2n) is 1.94. The Balaban J connectivity index is 2.87. The van der Waals surface area contributed by atoms with Crippen molar-refractivity contribution in [3.63, 3.8) is 0 Å². The molecule has 6 heteroatoms. The maximum atomic E-state index is 5.63. The van der Waals surface area contributed by atoms with Crippen LogP contribution >= 0.6 is 34.2 Å². The highest BCUT2D eigenvalue weighted by molar-refractivity contribution is 14.1. The molecular weight excluding hydrogens is 278 g/mol. The Morgan fingerprint density at radius 2 is 2.27 bits per heavy atom. The normalized spacial score (nSPS) is 10.7. The predicted octanol–water partition coefficient (Wildman–Crippen LogP) is 1.61. The van der Waals surface area contributed by atoms with Gasteiger partial charge in [0.1, 0.15) is 3.70 Å². The van der Waals surface area contributed by atoms with E-state index in [2.05, 4.69) is 43.0 Å². The number of nitrogens with one attached hydrogen (secondary N) is 1. The number of rotatable bonds is 0. The van der Waals surface area contributed by atoms with Crippen molar-refractivity contribution in [3.05, 3.63) is 14.9 Å². The van der Waals surface area contributed by atoms with Crippen LogP contribution in [0.3, 0.4) is 0 Å². The predicted molar refractivity (Wildman–Crippen MR) is 49.4 cm³/mol. The third-order valence-corrected chi connectivity index (χ3v) is 2.25. The number of aromatic nitrogens is 4. The first-order valence-corrected chi connectivity index (χ1v) is 4.26. The number of aromatic amines is 1. The van der Waals surface area contributed by atoms with E-state index >= 15 is 0 Å². The lowest BCUT2D eigenvalue weighted by molar-refractivity contribution is 1.02. The summed E-state index contributed by atoms with van der Waals surface area (Å²) in [5.74, 6) is 0. The SMILES string of the molecule is Clc1cc2c(I)n[nH]c2nn1. The first kappa shape index (κ1) is 7.23. The number of nitrogens with zero attached hydrogens (tertiary/aromatic N) is 3.